The summed E-state index contributed by atoms with van der Waals surface area (Å²) >= 11 is 6.15. The molecule has 1 aromatic carbocycles. The predicted molar refractivity (Wildman–Crippen MR) is 119 cm³/mol. The van der Waals surface area contributed by atoms with Gasteiger partial charge in [0.25, 0.3) is 5.91 Å². The van der Waals surface area contributed by atoms with Crippen LogP contribution in [0.3, 0.4) is 0 Å². The van der Waals surface area contributed by atoms with Crippen molar-refractivity contribution in [3.63, 3.8) is 0 Å². The van der Waals surface area contributed by atoms with Crippen LogP contribution < -0.4 is 5.32 Å². The van der Waals surface area contributed by atoms with E-state index in [0.717, 1.165) is 22.6 Å². The third-order valence-corrected chi connectivity index (χ3v) is 5.56. The Balaban J connectivity index is 1.49. The van der Waals surface area contributed by atoms with Gasteiger partial charge in [-0.15, -0.1) is 0 Å². The van der Waals surface area contributed by atoms with E-state index in [1.807, 2.05) is 38.4 Å². The molecule has 8 nitrogen and oxygen atoms in total. The van der Waals surface area contributed by atoms with Crippen LogP contribution in [0.25, 0.3) is 0 Å². The highest BCUT2D eigenvalue weighted by Crippen LogP contribution is 2.24. The van der Waals surface area contributed by atoms with Crippen molar-refractivity contribution in [1.82, 2.24) is 29.3 Å². The van der Waals surface area contributed by atoms with Crippen molar-refractivity contribution < 1.29 is 9.18 Å². The molecule has 0 aliphatic carbocycles. The van der Waals surface area contributed by atoms with Crippen LogP contribution in [0.1, 0.15) is 38.8 Å². The molecule has 0 spiro atoms. The van der Waals surface area contributed by atoms with Crippen LogP contribution in [0.4, 0.5) is 10.1 Å². The summed E-state index contributed by atoms with van der Waals surface area (Å²) in [5.41, 5.74) is 5.01. The third-order valence-electron chi connectivity index (χ3n) is 5.21. The Kier molecular flexibility index (Phi) is 5.84. The van der Waals surface area contributed by atoms with E-state index < -0.39 is 5.82 Å². The first-order valence-electron chi connectivity index (χ1n) is 10.0. The van der Waals surface area contributed by atoms with Crippen molar-refractivity contribution in [3.05, 3.63) is 81.4 Å². The lowest BCUT2D eigenvalue weighted by Gasteiger charge is -2.08. The second-order valence-corrected chi connectivity index (χ2v) is 8.11. The highest BCUT2D eigenvalue weighted by Gasteiger charge is 2.18. The molecule has 0 aliphatic heterocycles. The minimum Gasteiger partial charge on any atom is -0.317 e. The number of benzene rings is 1. The summed E-state index contributed by atoms with van der Waals surface area (Å²) in [6.45, 7) is 8.35. The minimum atomic E-state index is -0.391. The van der Waals surface area contributed by atoms with Gasteiger partial charge in [-0.2, -0.15) is 15.3 Å². The number of nitrogens with zero attached hydrogens (tertiary/aromatic N) is 6. The molecule has 3 aromatic heterocycles. The van der Waals surface area contributed by atoms with Gasteiger partial charge < -0.3 is 5.32 Å². The van der Waals surface area contributed by atoms with Gasteiger partial charge in [0.05, 0.1) is 29.3 Å². The Morgan fingerprint density at radius 2 is 1.84 bits per heavy atom. The van der Waals surface area contributed by atoms with Crippen molar-refractivity contribution in [2.45, 2.75) is 40.9 Å². The van der Waals surface area contributed by atoms with Gasteiger partial charge in [-0.05, 0) is 57.5 Å². The Morgan fingerprint density at radius 3 is 2.53 bits per heavy atom. The summed E-state index contributed by atoms with van der Waals surface area (Å²) in [4.78, 5) is 12.8. The van der Waals surface area contributed by atoms with Gasteiger partial charge in [0.2, 0.25) is 0 Å². The molecule has 0 saturated heterocycles. The average molecular weight is 456 g/mol. The molecule has 0 aliphatic rings. The average Bonchev–Trinajstić information content (AvgIpc) is 3.39. The third kappa shape index (κ3) is 4.43. The molecule has 0 radical (unpaired) electrons. The number of halogens is 2. The molecule has 0 atom stereocenters. The quantitative estimate of drug-likeness (QED) is 0.474. The fourth-order valence-corrected chi connectivity index (χ4v) is 3.76. The maximum absolute atomic E-state index is 13.3. The van der Waals surface area contributed by atoms with Gasteiger partial charge in [-0.3, -0.25) is 14.2 Å². The van der Waals surface area contributed by atoms with E-state index in [1.54, 1.807) is 27.7 Å². The fraction of sp³-hybridized carbons (Fsp3) is 0.273. The molecule has 10 heteroatoms. The number of carbonyl (C=O) groups is 1. The number of anilines is 1. The number of amides is 1. The monoisotopic (exact) mass is 455 g/mol. The summed E-state index contributed by atoms with van der Waals surface area (Å²) in [6, 6.07) is 7.90. The van der Waals surface area contributed by atoms with Gasteiger partial charge >= 0.3 is 0 Å². The van der Waals surface area contributed by atoms with Crippen molar-refractivity contribution in [3.8, 4) is 0 Å². The SMILES string of the molecule is Cc1cc(C)n(Cn2ccc(C(=O)Nc3c(C)nn(Cc4ccc(F)cc4Cl)c3C)n2)n1. The van der Waals surface area contributed by atoms with Crippen molar-refractivity contribution >= 4 is 23.2 Å². The Labute approximate surface area is 189 Å². The smallest absolute Gasteiger partial charge is 0.276 e. The van der Waals surface area contributed by atoms with Crippen LogP contribution in [-0.4, -0.2) is 35.2 Å². The molecule has 3 heterocycles. The van der Waals surface area contributed by atoms with Gasteiger partial charge in [0.15, 0.2) is 5.69 Å². The molecule has 166 valence electrons. The minimum absolute atomic E-state index is 0.291. The predicted octanol–water partition coefficient (Wildman–Crippen LogP) is 4.11. The number of rotatable bonds is 6. The number of nitrogens with one attached hydrogen (secondary N) is 1. The standard InChI is InChI=1S/C22H23ClFN7O/c1-13-9-14(2)31(26-13)12-29-8-7-20(28-29)22(32)25-21-15(3)27-30(16(21)4)11-17-5-6-18(24)10-19(17)23/h5-10H,11-12H2,1-4H3,(H,25,32). The van der Waals surface area contributed by atoms with Gasteiger partial charge in [0, 0.05) is 16.9 Å². The van der Waals surface area contributed by atoms with Crippen LogP contribution in [-0.2, 0) is 13.2 Å². The molecule has 1 amide bonds. The zero-order chi connectivity index (χ0) is 23.0. The Hall–Kier alpha value is -3.46. The lowest BCUT2D eigenvalue weighted by molar-refractivity contribution is 0.102. The number of hydrogen-bond donors (Lipinski definition) is 1. The van der Waals surface area contributed by atoms with Crippen molar-refractivity contribution in [1.29, 1.82) is 0 Å². The molecule has 32 heavy (non-hydrogen) atoms. The van der Waals surface area contributed by atoms with E-state index >= 15 is 0 Å². The molecule has 4 aromatic rings. The van der Waals surface area contributed by atoms with Crippen molar-refractivity contribution in [2.24, 2.45) is 0 Å². The van der Waals surface area contributed by atoms with Crippen molar-refractivity contribution in [2.75, 3.05) is 5.32 Å². The molecule has 4 rings (SSSR count). The maximum Gasteiger partial charge on any atom is 0.276 e. The van der Waals surface area contributed by atoms with Crippen LogP contribution in [0, 0.1) is 33.5 Å². The second kappa shape index (κ2) is 8.58. The zero-order valence-corrected chi connectivity index (χ0v) is 19.0. The van der Waals surface area contributed by atoms with E-state index in [2.05, 4.69) is 20.6 Å². The molecular formula is C22H23ClFN7O. The first kappa shape index (κ1) is 21.8. The normalized spacial score (nSPS) is 11.2. The van der Waals surface area contributed by atoms with Crippen LogP contribution >= 0.6 is 11.6 Å². The summed E-state index contributed by atoms with van der Waals surface area (Å²) < 4.78 is 18.5. The topological polar surface area (TPSA) is 82.6 Å². The van der Waals surface area contributed by atoms with E-state index in [0.29, 0.717) is 35.3 Å². The Morgan fingerprint density at radius 1 is 1.06 bits per heavy atom. The summed E-state index contributed by atoms with van der Waals surface area (Å²) in [5, 5.41) is 16.5. The molecular weight excluding hydrogens is 433 g/mol. The number of carbonyl (C=O) groups excluding carboxylic acids is 1. The molecule has 0 unspecified atom stereocenters. The van der Waals surface area contributed by atoms with Gasteiger partial charge in [0.1, 0.15) is 12.5 Å². The lowest BCUT2D eigenvalue weighted by atomic mass is 10.2. The summed E-state index contributed by atoms with van der Waals surface area (Å²) in [7, 11) is 0. The molecule has 0 saturated carbocycles. The van der Waals surface area contributed by atoms with Crippen LogP contribution in [0.2, 0.25) is 5.02 Å². The van der Waals surface area contributed by atoms with Gasteiger partial charge in [-0.25, -0.2) is 9.07 Å². The zero-order valence-electron chi connectivity index (χ0n) is 18.2. The van der Waals surface area contributed by atoms with E-state index in [4.69, 9.17) is 11.6 Å². The summed E-state index contributed by atoms with van der Waals surface area (Å²) in [5.74, 6) is -0.722. The molecule has 1 N–H and O–H groups in total. The van der Waals surface area contributed by atoms with Crippen LogP contribution in [0.5, 0.6) is 0 Å². The Bertz CT molecular complexity index is 1300. The first-order chi connectivity index (χ1) is 15.2. The molecule has 0 fully saturated rings. The van der Waals surface area contributed by atoms with Gasteiger partial charge in [-0.1, -0.05) is 17.7 Å². The highest BCUT2D eigenvalue weighted by molar-refractivity contribution is 6.31. The number of aryl methyl sites for hydroxylation is 3. The highest BCUT2D eigenvalue weighted by atomic mass is 35.5. The van der Waals surface area contributed by atoms with E-state index in [-0.39, 0.29) is 5.91 Å². The fourth-order valence-electron chi connectivity index (χ4n) is 3.54. The largest absolute Gasteiger partial charge is 0.317 e. The number of hydrogen-bond acceptors (Lipinski definition) is 4. The van der Waals surface area contributed by atoms with Crippen LogP contribution in [0.15, 0.2) is 36.5 Å². The molecule has 0 bridgehead atoms. The second-order valence-electron chi connectivity index (χ2n) is 7.70. The summed E-state index contributed by atoms with van der Waals surface area (Å²) in [6.07, 6.45) is 1.74. The number of aromatic nitrogens is 6. The lowest BCUT2D eigenvalue weighted by Crippen LogP contribution is -2.16. The first-order valence-corrected chi connectivity index (χ1v) is 10.4. The maximum atomic E-state index is 13.3. The van der Waals surface area contributed by atoms with E-state index in [1.165, 1.54) is 12.1 Å². The van der Waals surface area contributed by atoms with E-state index in [9.17, 15) is 9.18 Å².